The first-order chi connectivity index (χ1) is 24.9. The molecule has 12 heteroatoms. The van der Waals surface area contributed by atoms with Gasteiger partial charge >= 0.3 is 0 Å². The summed E-state index contributed by atoms with van der Waals surface area (Å²) in [6.07, 6.45) is 13.3. The Morgan fingerprint density at radius 2 is 1.67 bits per heavy atom. The molecule has 2 saturated heterocycles. The van der Waals surface area contributed by atoms with Crippen LogP contribution in [0.3, 0.4) is 0 Å². The molecule has 12 nitrogen and oxygen atoms in total. The van der Waals surface area contributed by atoms with E-state index in [0.29, 0.717) is 23.8 Å². The fraction of sp³-hybridized carbons (Fsp3) is 0.462. The number of imide groups is 2. The zero-order chi connectivity index (χ0) is 34.6. The first-order valence-electron chi connectivity index (χ1n) is 18.6. The Balaban J connectivity index is 0.800. The van der Waals surface area contributed by atoms with Gasteiger partial charge in [0.25, 0.3) is 11.8 Å². The molecule has 1 atom stereocenters. The van der Waals surface area contributed by atoms with Gasteiger partial charge in [-0.3, -0.25) is 39.1 Å². The Hall–Kier alpha value is -4.97. The molecule has 4 aromatic rings. The lowest BCUT2D eigenvalue weighted by Crippen LogP contribution is -2.54. The predicted octanol–water partition coefficient (Wildman–Crippen LogP) is 5.08. The van der Waals surface area contributed by atoms with E-state index in [1.807, 2.05) is 6.20 Å². The van der Waals surface area contributed by atoms with Crippen molar-refractivity contribution in [1.29, 1.82) is 0 Å². The van der Waals surface area contributed by atoms with Crippen molar-refractivity contribution in [3.05, 3.63) is 71.2 Å². The molecule has 5 aliphatic rings. The van der Waals surface area contributed by atoms with Gasteiger partial charge in [0.1, 0.15) is 6.04 Å². The third kappa shape index (κ3) is 6.09. The Morgan fingerprint density at radius 3 is 2.47 bits per heavy atom. The highest BCUT2D eigenvalue weighted by Crippen LogP contribution is 2.46. The van der Waals surface area contributed by atoms with Gasteiger partial charge in [-0.05, 0) is 119 Å². The maximum Gasteiger partial charge on any atom is 0.262 e. The molecule has 9 rings (SSSR count). The van der Waals surface area contributed by atoms with Crippen LogP contribution in [-0.2, 0) is 9.59 Å². The van der Waals surface area contributed by atoms with Gasteiger partial charge in [0, 0.05) is 36.3 Å². The molecule has 0 bridgehead atoms. The Morgan fingerprint density at radius 1 is 0.843 bits per heavy atom. The van der Waals surface area contributed by atoms with E-state index < -0.39 is 23.8 Å². The van der Waals surface area contributed by atoms with Crippen LogP contribution in [0.5, 0.6) is 0 Å². The molecular weight excluding hydrogens is 644 g/mol. The summed E-state index contributed by atoms with van der Waals surface area (Å²) in [5.74, 6) is -0.257. The molecule has 3 aliphatic heterocycles. The third-order valence-corrected chi connectivity index (χ3v) is 11.5. The second-order valence-corrected chi connectivity index (χ2v) is 15.0. The van der Waals surface area contributed by atoms with E-state index in [0.717, 1.165) is 91.0 Å². The number of hydrogen-bond acceptors (Lipinski definition) is 9. The van der Waals surface area contributed by atoms with Gasteiger partial charge in [0.15, 0.2) is 0 Å². The van der Waals surface area contributed by atoms with Gasteiger partial charge in [-0.1, -0.05) is 6.07 Å². The number of nitrogens with zero attached hydrogens (tertiary/aromatic N) is 5. The van der Waals surface area contributed by atoms with Crippen LogP contribution >= 0.6 is 0 Å². The number of carbonyl (C=O) groups excluding carboxylic acids is 4. The summed E-state index contributed by atoms with van der Waals surface area (Å²) in [6.45, 7) is 2.88. The maximum absolute atomic E-state index is 13.2. The lowest BCUT2D eigenvalue weighted by atomic mass is 9.77. The molecule has 262 valence electrons. The van der Waals surface area contributed by atoms with E-state index in [2.05, 4.69) is 45.0 Å². The van der Waals surface area contributed by atoms with E-state index in [-0.39, 0.29) is 29.9 Å². The van der Waals surface area contributed by atoms with Gasteiger partial charge in [-0.15, -0.1) is 0 Å². The number of rotatable bonds is 10. The van der Waals surface area contributed by atoms with Crippen LogP contribution in [0, 0.1) is 5.92 Å². The molecule has 2 aliphatic carbocycles. The number of carbonyl (C=O) groups is 4. The number of hydrogen-bond donors (Lipinski definition) is 3. The SMILES string of the molecule is O=C1CCC(N2C(=O)c3ccc(NCCC[C@H]4C[C@@H](n5cc(-c6cnc7ccc(C8CCNCC8)cc7n6)c(C6CC6)n5)C4)cc3C2=O)C(=O)N1. The lowest BCUT2D eigenvalue weighted by molar-refractivity contribution is -0.136. The number of aromatic nitrogens is 4. The highest BCUT2D eigenvalue weighted by atomic mass is 16.2. The average Bonchev–Trinajstić information content (AvgIpc) is 3.84. The summed E-state index contributed by atoms with van der Waals surface area (Å²) in [6, 6.07) is 11.2. The van der Waals surface area contributed by atoms with Gasteiger partial charge in [-0.25, -0.2) is 4.98 Å². The fourth-order valence-electron chi connectivity index (χ4n) is 8.37. The van der Waals surface area contributed by atoms with E-state index in [4.69, 9.17) is 15.1 Å². The average molecular weight is 687 g/mol. The van der Waals surface area contributed by atoms with Crippen molar-refractivity contribution in [2.75, 3.05) is 25.0 Å². The van der Waals surface area contributed by atoms with Crippen LogP contribution in [0.4, 0.5) is 5.69 Å². The van der Waals surface area contributed by atoms with Crippen LogP contribution in [0.1, 0.15) is 114 Å². The van der Waals surface area contributed by atoms with Crippen LogP contribution in [0.15, 0.2) is 48.8 Å². The van der Waals surface area contributed by atoms with Crippen LogP contribution in [0.25, 0.3) is 22.3 Å². The molecule has 2 saturated carbocycles. The maximum atomic E-state index is 13.2. The minimum absolute atomic E-state index is 0.100. The number of anilines is 1. The number of nitrogens with one attached hydrogen (secondary N) is 3. The smallest absolute Gasteiger partial charge is 0.262 e. The molecule has 1 unspecified atom stereocenters. The lowest BCUT2D eigenvalue weighted by Gasteiger charge is -2.35. The second kappa shape index (κ2) is 13.0. The highest BCUT2D eigenvalue weighted by Gasteiger charge is 2.44. The molecule has 5 heterocycles. The molecule has 51 heavy (non-hydrogen) atoms. The Labute approximate surface area is 295 Å². The van der Waals surface area contributed by atoms with E-state index in [1.165, 1.54) is 24.1 Å². The van der Waals surface area contributed by atoms with Gasteiger partial charge in [0.2, 0.25) is 11.8 Å². The monoisotopic (exact) mass is 686 g/mol. The third-order valence-electron chi connectivity index (χ3n) is 11.5. The van der Waals surface area contributed by atoms with Crippen molar-refractivity contribution in [1.82, 2.24) is 35.3 Å². The molecule has 2 aromatic heterocycles. The Bertz CT molecular complexity index is 2060. The molecule has 0 spiro atoms. The minimum Gasteiger partial charge on any atom is -0.385 e. The first-order valence-corrected chi connectivity index (χ1v) is 18.6. The number of benzene rings is 2. The fourth-order valence-corrected chi connectivity index (χ4v) is 8.37. The highest BCUT2D eigenvalue weighted by molar-refractivity contribution is 6.23. The number of piperidine rings is 2. The minimum atomic E-state index is -0.962. The molecule has 4 fully saturated rings. The molecule has 0 radical (unpaired) electrons. The standard InChI is InChI=1S/C39H42N8O4/c48-35-10-9-34(37(49)44-35)47-38(50)28-7-6-26(19-29(28)39(47)51)41-13-1-2-22-16-27(17-22)46-21-30(36(45-46)24-3-4-24)33-20-42-31-8-5-25(18-32(31)43-33)23-11-14-40-15-12-23/h5-8,18-24,27,34,40-41H,1-4,9-17H2,(H,44,48,49)/t22-,27+,34?. The van der Waals surface area contributed by atoms with Crippen LogP contribution in [0.2, 0.25) is 0 Å². The summed E-state index contributed by atoms with van der Waals surface area (Å²) >= 11 is 0. The van der Waals surface area contributed by atoms with Crippen molar-refractivity contribution in [2.45, 2.75) is 88.1 Å². The van der Waals surface area contributed by atoms with Gasteiger partial charge < -0.3 is 10.6 Å². The van der Waals surface area contributed by atoms with E-state index >= 15 is 0 Å². The largest absolute Gasteiger partial charge is 0.385 e. The normalized spacial score (nSPS) is 23.8. The zero-order valence-corrected chi connectivity index (χ0v) is 28.6. The summed E-state index contributed by atoms with van der Waals surface area (Å²) in [4.78, 5) is 61.0. The van der Waals surface area contributed by atoms with Crippen molar-refractivity contribution >= 4 is 40.3 Å². The van der Waals surface area contributed by atoms with Gasteiger partial charge in [0.05, 0.1) is 45.8 Å². The van der Waals surface area contributed by atoms with Crippen molar-refractivity contribution in [3.63, 3.8) is 0 Å². The zero-order valence-electron chi connectivity index (χ0n) is 28.6. The van der Waals surface area contributed by atoms with E-state index in [1.54, 1.807) is 18.2 Å². The van der Waals surface area contributed by atoms with Crippen LogP contribution in [-0.4, -0.2) is 74.0 Å². The van der Waals surface area contributed by atoms with E-state index in [9.17, 15) is 19.2 Å². The molecule has 3 N–H and O–H groups in total. The molecular formula is C39H42N8O4. The number of fused-ring (bicyclic) bond motifs is 2. The summed E-state index contributed by atoms with van der Waals surface area (Å²) in [7, 11) is 0. The summed E-state index contributed by atoms with van der Waals surface area (Å²) < 4.78 is 2.19. The first kappa shape index (κ1) is 32.0. The quantitative estimate of drug-likeness (QED) is 0.153. The predicted molar refractivity (Wildman–Crippen MR) is 190 cm³/mol. The molecule has 2 aromatic carbocycles. The Kier molecular flexibility index (Phi) is 8.13. The van der Waals surface area contributed by atoms with Crippen molar-refractivity contribution in [3.8, 4) is 11.3 Å². The molecule has 4 amide bonds. The van der Waals surface area contributed by atoms with Gasteiger partial charge in [-0.2, -0.15) is 5.10 Å². The second-order valence-electron chi connectivity index (χ2n) is 15.0. The summed E-state index contributed by atoms with van der Waals surface area (Å²) in [5.41, 5.74) is 7.82. The topological polar surface area (TPSA) is 151 Å². The van der Waals surface area contributed by atoms with Crippen LogP contribution < -0.4 is 16.0 Å². The van der Waals surface area contributed by atoms with Crippen molar-refractivity contribution in [2.24, 2.45) is 5.92 Å². The number of amides is 4. The van der Waals surface area contributed by atoms with Crippen molar-refractivity contribution < 1.29 is 19.2 Å². The summed E-state index contributed by atoms with van der Waals surface area (Å²) in [5, 5.41) is 14.2.